The van der Waals surface area contributed by atoms with Crippen molar-refractivity contribution in [1.29, 1.82) is 0 Å². The van der Waals surface area contributed by atoms with Crippen molar-refractivity contribution in [3.63, 3.8) is 0 Å². The van der Waals surface area contributed by atoms with Gasteiger partial charge in [0.25, 0.3) is 0 Å². The lowest BCUT2D eigenvalue weighted by Gasteiger charge is -2.24. The highest BCUT2D eigenvalue weighted by Crippen LogP contribution is 2.05. The van der Waals surface area contributed by atoms with E-state index in [0.29, 0.717) is 12.8 Å². The van der Waals surface area contributed by atoms with Gasteiger partial charge >= 0.3 is 11.9 Å². The van der Waals surface area contributed by atoms with Gasteiger partial charge in [-0.05, 0) is 12.8 Å². The Morgan fingerprint density at radius 1 is 0.562 bits per heavy atom. The summed E-state index contributed by atoms with van der Waals surface area (Å²) in [6.07, 6.45) is 5.38. The van der Waals surface area contributed by atoms with E-state index >= 15 is 0 Å². The van der Waals surface area contributed by atoms with Crippen LogP contribution in [0.15, 0.2) is 0 Å². The average Bonchev–Trinajstić information content (AvgIpc) is 2.77. The molecule has 0 aromatic heterocycles. The summed E-state index contributed by atoms with van der Waals surface area (Å²) in [5.41, 5.74) is 0. The molecule has 0 saturated heterocycles. The molecule has 0 rings (SSSR count). The topological polar surface area (TPSA) is 196 Å². The molecule has 32 heavy (non-hydrogen) atoms. The predicted molar refractivity (Wildman–Crippen MR) is 120 cm³/mol. The summed E-state index contributed by atoms with van der Waals surface area (Å²) in [5, 5.41) is 68.7. The maximum atomic E-state index is 10.0. The molecule has 0 aliphatic heterocycles. The van der Waals surface area contributed by atoms with Crippen molar-refractivity contribution in [3.05, 3.63) is 0 Å². The van der Waals surface area contributed by atoms with Gasteiger partial charge < -0.3 is 40.9 Å². The van der Waals surface area contributed by atoms with Gasteiger partial charge in [-0.3, -0.25) is 9.59 Å². The molecule has 0 spiro atoms. The highest BCUT2D eigenvalue weighted by atomic mass is 16.4. The largest absolute Gasteiger partial charge is 0.481 e. The zero-order chi connectivity index (χ0) is 25.4. The highest BCUT2D eigenvalue weighted by molar-refractivity contribution is 5.66. The number of unbranched alkanes of at least 4 members (excludes halogenated alkanes) is 8. The fraction of sp³-hybridized carbons (Fsp3) is 0.909. The third kappa shape index (κ3) is 26.7. The van der Waals surface area contributed by atoms with E-state index < -0.39 is 49.6 Å². The first-order valence-corrected chi connectivity index (χ1v) is 11.5. The Morgan fingerprint density at radius 3 is 1.06 bits per heavy atom. The Labute approximate surface area is 191 Å². The van der Waals surface area contributed by atoms with Gasteiger partial charge in [0, 0.05) is 12.8 Å². The molecule has 0 aliphatic carbocycles. The van der Waals surface area contributed by atoms with Crippen LogP contribution < -0.4 is 0 Å². The first kappa shape index (κ1) is 35.3. The van der Waals surface area contributed by atoms with Crippen LogP contribution in [0.25, 0.3) is 0 Å². The average molecular weight is 471 g/mol. The molecule has 0 radical (unpaired) electrons. The lowest BCUT2D eigenvalue weighted by molar-refractivity contribution is -0.138. The fourth-order valence-corrected chi connectivity index (χ4v) is 2.43. The van der Waals surface area contributed by atoms with E-state index in [9.17, 15) is 9.59 Å². The summed E-state index contributed by atoms with van der Waals surface area (Å²) in [4.78, 5) is 20.1. The van der Waals surface area contributed by atoms with Gasteiger partial charge in [-0.2, -0.15) is 0 Å². The van der Waals surface area contributed by atoms with Crippen LogP contribution in [0.5, 0.6) is 0 Å². The molecule has 0 aliphatic rings. The summed E-state index contributed by atoms with van der Waals surface area (Å²) in [6, 6.07) is 0. The van der Waals surface area contributed by atoms with Crippen molar-refractivity contribution in [2.75, 3.05) is 13.2 Å². The van der Waals surface area contributed by atoms with E-state index in [1.165, 1.54) is 38.5 Å². The Bertz CT molecular complexity index is 382. The second kappa shape index (κ2) is 26.0. The van der Waals surface area contributed by atoms with Crippen molar-refractivity contribution >= 4 is 11.9 Å². The number of aliphatic hydroxyl groups excluding tert-OH is 6. The summed E-state index contributed by atoms with van der Waals surface area (Å²) in [7, 11) is 0. The molecule has 0 heterocycles. The van der Waals surface area contributed by atoms with E-state index in [0.717, 1.165) is 25.7 Å². The van der Waals surface area contributed by atoms with Gasteiger partial charge in [0.15, 0.2) is 0 Å². The highest BCUT2D eigenvalue weighted by Gasteiger charge is 2.29. The van der Waals surface area contributed by atoms with E-state index in [1.54, 1.807) is 0 Å². The maximum absolute atomic E-state index is 10.0. The molecule has 0 saturated carbocycles. The molecule has 4 atom stereocenters. The number of aliphatic carboxylic acids is 2. The lowest BCUT2D eigenvalue weighted by atomic mass is 10.0. The zero-order valence-electron chi connectivity index (χ0n) is 19.6. The number of hydrogen-bond donors (Lipinski definition) is 8. The quantitative estimate of drug-likeness (QED) is 0.143. The molecule has 0 aromatic carbocycles. The number of carboxylic acids is 2. The van der Waals surface area contributed by atoms with Gasteiger partial charge in [-0.15, -0.1) is 0 Å². The molecule has 10 nitrogen and oxygen atoms in total. The normalized spacial score (nSPS) is 14.1. The van der Waals surface area contributed by atoms with Gasteiger partial charge in [-0.25, -0.2) is 0 Å². The van der Waals surface area contributed by atoms with Crippen LogP contribution >= 0.6 is 0 Å². The summed E-state index contributed by atoms with van der Waals surface area (Å²) < 4.78 is 0. The maximum Gasteiger partial charge on any atom is 0.303 e. The van der Waals surface area contributed by atoms with Crippen molar-refractivity contribution in [2.24, 2.45) is 0 Å². The first-order valence-electron chi connectivity index (χ1n) is 11.5. The summed E-state index contributed by atoms with van der Waals surface area (Å²) >= 11 is 0. The fourth-order valence-electron chi connectivity index (χ4n) is 2.43. The van der Waals surface area contributed by atoms with Crippen molar-refractivity contribution < 1.29 is 50.4 Å². The van der Waals surface area contributed by atoms with Gasteiger partial charge in [0.2, 0.25) is 0 Å². The molecular weight excluding hydrogens is 424 g/mol. The summed E-state index contributed by atoms with van der Waals surface area (Å²) in [6.45, 7) is 2.85. The van der Waals surface area contributed by atoms with Crippen LogP contribution in [-0.4, -0.2) is 90.4 Å². The number of rotatable bonds is 17. The predicted octanol–water partition coefficient (Wildman–Crippen LogP) is 1.28. The zero-order valence-corrected chi connectivity index (χ0v) is 19.6. The van der Waals surface area contributed by atoms with Gasteiger partial charge in [0.05, 0.1) is 13.2 Å². The number of hydrogen-bond acceptors (Lipinski definition) is 8. The molecule has 0 fully saturated rings. The van der Waals surface area contributed by atoms with Crippen LogP contribution in [0.2, 0.25) is 0 Å². The van der Waals surface area contributed by atoms with Crippen LogP contribution in [0, 0.1) is 0 Å². The molecule has 8 N–H and O–H groups in total. The standard InChI is InChI=1S/2C8H16O2.C6H14O6/c2*1-2-3-4-5-6-7-8(9)10;7-1-3(9)5(11)6(12)4(10)2-8/h2*2-7H2,1H3,(H,9,10);3-12H,1-2H2. The van der Waals surface area contributed by atoms with Crippen LogP contribution in [0.1, 0.15) is 90.9 Å². The Morgan fingerprint density at radius 2 is 0.844 bits per heavy atom. The van der Waals surface area contributed by atoms with E-state index in [-0.39, 0.29) is 0 Å². The second-order valence-electron chi connectivity index (χ2n) is 7.60. The van der Waals surface area contributed by atoms with Crippen LogP contribution in [-0.2, 0) is 9.59 Å². The van der Waals surface area contributed by atoms with E-state index in [2.05, 4.69) is 13.8 Å². The molecule has 10 heteroatoms. The van der Waals surface area contributed by atoms with E-state index in [4.69, 9.17) is 40.9 Å². The molecule has 194 valence electrons. The third-order valence-corrected chi connectivity index (χ3v) is 4.50. The number of carboxylic acid groups (broad SMARTS) is 2. The SMILES string of the molecule is CCCCCCCC(=O)O.CCCCCCCC(=O)O.OCC(O)C(O)C(O)C(O)CO. The minimum absolute atomic E-state index is 0.337. The molecule has 4 unspecified atom stereocenters. The van der Waals surface area contributed by atoms with Gasteiger partial charge in [0.1, 0.15) is 24.4 Å². The Hall–Kier alpha value is -1.30. The van der Waals surface area contributed by atoms with Gasteiger partial charge in [-0.1, -0.05) is 65.2 Å². The van der Waals surface area contributed by atoms with Crippen LogP contribution in [0.4, 0.5) is 0 Å². The molecule has 0 bridgehead atoms. The minimum Gasteiger partial charge on any atom is -0.481 e. The monoisotopic (exact) mass is 470 g/mol. The Balaban J connectivity index is -0.000000397. The smallest absolute Gasteiger partial charge is 0.303 e. The first-order chi connectivity index (χ1) is 15.1. The second-order valence-corrected chi connectivity index (χ2v) is 7.60. The third-order valence-electron chi connectivity index (χ3n) is 4.50. The van der Waals surface area contributed by atoms with Crippen molar-refractivity contribution in [3.8, 4) is 0 Å². The van der Waals surface area contributed by atoms with E-state index in [1.807, 2.05) is 0 Å². The Kier molecular flexibility index (Phi) is 28.6. The van der Waals surface area contributed by atoms with Crippen LogP contribution in [0.3, 0.4) is 0 Å². The lowest BCUT2D eigenvalue weighted by Crippen LogP contribution is -2.46. The number of aliphatic hydroxyl groups is 6. The minimum atomic E-state index is -1.67. The molecule has 0 aromatic rings. The molecule has 0 amide bonds. The van der Waals surface area contributed by atoms with Crippen molar-refractivity contribution in [2.45, 2.75) is 115 Å². The number of carbonyl (C=O) groups is 2. The molecular formula is C22H46O10. The summed E-state index contributed by atoms with van der Waals surface area (Å²) in [5.74, 6) is -1.34. The van der Waals surface area contributed by atoms with Crippen molar-refractivity contribution in [1.82, 2.24) is 0 Å².